The first kappa shape index (κ1) is 13.1. The van der Waals surface area contributed by atoms with Crippen LogP contribution in [-0.4, -0.2) is 30.5 Å². The maximum absolute atomic E-state index is 11.9. The van der Waals surface area contributed by atoms with Crippen LogP contribution in [-0.2, 0) is 0 Å². The van der Waals surface area contributed by atoms with Crippen molar-refractivity contribution in [2.45, 2.75) is 12.8 Å². The van der Waals surface area contributed by atoms with Gasteiger partial charge >= 0.3 is 0 Å². The van der Waals surface area contributed by atoms with Crippen LogP contribution in [0.5, 0.6) is 0 Å². The molecule has 4 nitrogen and oxygen atoms in total. The van der Waals surface area contributed by atoms with Crippen molar-refractivity contribution in [3.05, 3.63) is 40.7 Å². The summed E-state index contributed by atoms with van der Waals surface area (Å²) in [6, 6.07) is 1.63. The highest BCUT2D eigenvalue weighted by Crippen LogP contribution is 2.13. The number of aromatic nitrogens is 1. The molecular weight excluding hydrogens is 250 g/mol. The Hall–Kier alpha value is -1.39. The minimum absolute atomic E-state index is 0.142. The fourth-order valence-electron chi connectivity index (χ4n) is 1.89. The zero-order chi connectivity index (χ0) is 12.8. The summed E-state index contributed by atoms with van der Waals surface area (Å²) in [6.07, 6.45) is 7.19. The Kier molecular flexibility index (Phi) is 4.73. The quantitative estimate of drug-likeness (QED) is 0.816. The highest BCUT2D eigenvalue weighted by atomic mass is 35.5. The Bertz CT molecular complexity index is 459. The van der Waals surface area contributed by atoms with Gasteiger partial charge in [-0.05, 0) is 25.5 Å². The van der Waals surface area contributed by atoms with Crippen molar-refractivity contribution in [1.29, 1.82) is 0 Å². The van der Waals surface area contributed by atoms with E-state index in [-0.39, 0.29) is 5.91 Å². The second kappa shape index (κ2) is 6.52. The third-order valence-electron chi connectivity index (χ3n) is 2.91. The van der Waals surface area contributed by atoms with E-state index in [2.05, 4.69) is 21.7 Å². The average molecular weight is 266 g/mol. The molecule has 0 unspecified atom stereocenters. The molecule has 0 aromatic carbocycles. The van der Waals surface area contributed by atoms with Crippen molar-refractivity contribution in [2.24, 2.45) is 0 Å². The molecule has 0 atom stereocenters. The van der Waals surface area contributed by atoms with Gasteiger partial charge < -0.3 is 10.6 Å². The van der Waals surface area contributed by atoms with E-state index in [0.717, 1.165) is 25.9 Å². The lowest BCUT2D eigenvalue weighted by Gasteiger charge is -2.14. The molecule has 0 saturated heterocycles. The number of halogens is 1. The molecule has 18 heavy (non-hydrogen) atoms. The molecule has 1 aliphatic heterocycles. The number of hydrogen-bond acceptors (Lipinski definition) is 3. The topological polar surface area (TPSA) is 54.0 Å². The summed E-state index contributed by atoms with van der Waals surface area (Å²) in [6.45, 7) is 2.60. The minimum atomic E-state index is -0.142. The molecule has 96 valence electrons. The second-order valence-corrected chi connectivity index (χ2v) is 4.59. The molecular formula is C13H16ClN3O. The van der Waals surface area contributed by atoms with E-state index in [0.29, 0.717) is 17.1 Å². The number of pyridine rings is 1. The zero-order valence-electron chi connectivity index (χ0n) is 10.1. The van der Waals surface area contributed by atoms with Crippen molar-refractivity contribution in [3.8, 4) is 0 Å². The highest BCUT2D eigenvalue weighted by molar-refractivity contribution is 6.33. The van der Waals surface area contributed by atoms with E-state index in [1.54, 1.807) is 12.3 Å². The lowest BCUT2D eigenvalue weighted by atomic mass is 10.1. The number of nitrogens with one attached hydrogen (secondary N) is 2. The van der Waals surface area contributed by atoms with Gasteiger partial charge in [-0.2, -0.15) is 0 Å². The molecule has 0 saturated carbocycles. The smallest absolute Gasteiger partial charge is 0.252 e. The predicted octanol–water partition coefficient (Wildman–Crippen LogP) is 1.77. The van der Waals surface area contributed by atoms with E-state index >= 15 is 0 Å². The van der Waals surface area contributed by atoms with Crippen LogP contribution in [0.1, 0.15) is 23.2 Å². The molecule has 1 aromatic heterocycles. The van der Waals surface area contributed by atoms with Gasteiger partial charge in [0, 0.05) is 25.5 Å². The molecule has 1 amide bonds. The van der Waals surface area contributed by atoms with E-state index in [1.807, 2.05) is 0 Å². The Labute approximate surface area is 111 Å². The first-order valence-electron chi connectivity index (χ1n) is 6.03. The first-order chi connectivity index (χ1) is 8.77. The predicted molar refractivity (Wildman–Crippen MR) is 71.8 cm³/mol. The summed E-state index contributed by atoms with van der Waals surface area (Å²) >= 11 is 5.90. The van der Waals surface area contributed by atoms with Gasteiger partial charge in [0.2, 0.25) is 0 Å². The Morgan fingerprint density at radius 2 is 2.44 bits per heavy atom. The van der Waals surface area contributed by atoms with Gasteiger partial charge in [-0.15, -0.1) is 0 Å². The van der Waals surface area contributed by atoms with Gasteiger partial charge in [-0.25, -0.2) is 0 Å². The SMILES string of the molecule is O=C(NCCC1=CCNCC1)c1ccncc1Cl. The van der Waals surface area contributed by atoms with Gasteiger partial charge in [0.25, 0.3) is 5.91 Å². The molecule has 1 aliphatic rings. The van der Waals surface area contributed by atoms with Crippen LogP contribution in [0.15, 0.2) is 30.1 Å². The maximum atomic E-state index is 11.9. The summed E-state index contributed by atoms with van der Waals surface area (Å²) < 4.78 is 0. The normalized spacial score (nSPS) is 15.1. The van der Waals surface area contributed by atoms with E-state index < -0.39 is 0 Å². The summed E-state index contributed by atoms with van der Waals surface area (Å²) in [5.41, 5.74) is 1.88. The number of amides is 1. The number of carbonyl (C=O) groups is 1. The summed E-state index contributed by atoms with van der Waals surface area (Å²) in [4.78, 5) is 15.7. The van der Waals surface area contributed by atoms with Crippen molar-refractivity contribution >= 4 is 17.5 Å². The molecule has 0 bridgehead atoms. The number of rotatable bonds is 4. The molecule has 2 heterocycles. The first-order valence-corrected chi connectivity index (χ1v) is 6.41. The van der Waals surface area contributed by atoms with Crippen LogP contribution >= 0.6 is 11.6 Å². The van der Waals surface area contributed by atoms with E-state index in [1.165, 1.54) is 11.8 Å². The van der Waals surface area contributed by atoms with Crippen molar-refractivity contribution in [1.82, 2.24) is 15.6 Å². The molecule has 0 fully saturated rings. The van der Waals surface area contributed by atoms with E-state index in [4.69, 9.17) is 11.6 Å². The summed E-state index contributed by atoms with van der Waals surface area (Å²) in [5, 5.41) is 6.52. The standard InChI is InChI=1S/C13H16ClN3O/c14-12-9-16-7-4-11(12)13(18)17-8-3-10-1-5-15-6-2-10/h1,4,7,9,15H,2-3,5-6,8H2,(H,17,18). The lowest BCUT2D eigenvalue weighted by molar-refractivity contribution is 0.0954. The highest BCUT2D eigenvalue weighted by Gasteiger charge is 2.09. The number of hydrogen-bond donors (Lipinski definition) is 2. The molecule has 0 spiro atoms. The monoisotopic (exact) mass is 265 g/mol. The van der Waals surface area contributed by atoms with Crippen molar-refractivity contribution in [3.63, 3.8) is 0 Å². The largest absolute Gasteiger partial charge is 0.352 e. The van der Waals surface area contributed by atoms with Gasteiger partial charge in [-0.3, -0.25) is 9.78 Å². The third-order valence-corrected chi connectivity index (χ3v) is 3.21. The Morgan fingerprint density at radius 1 is 1.56 bits per heavy atom. The Balaban J connectivity index is 1.82. The number of nitrogens with zero attached hydrogens (tertiary/aromatic N) is 1. The molecule has 0 aliphatic carbocycles. The third kappa shape index (κ3) is 3.55. The lowest BCUT2D eigenvalue weighted by Crippen LogP contribution is -2.26. The minimum Gasteiger partial charge on any atom is -0.352 e. The summed E-state index contributed by atoms with van der Waals surface area (Å²) in [7, 11) is 0. The zero-order valence-corrected chi connectivity index (χ0v) is 10.8. The number of carbonyl (C=O) groups excluding carboxylic acids is 1. The Morgan fingerprint density at radius 3 is 3.17 bits per heavy atom. The van der Waals surface area contributed by atoms with Crippen LogP contribution in [0.3, 0.4) is 0 Å². The van der Waals surface area contributed by atoms with Crippen LogP contribution in [0, 0.1) is 0 Å². The molecule has 2 N–H and O–H groups in total. The second-order valence-electron chi connectivity index (χ2n) is 4.18. The summed E-state index contributed by atoms with van der Waals surface area (Å²) in [5.74, 6) is -0.142. The molecule has 5 heteroatoms. The van der Waals surface area contributed by atoms with Gasteiger partial charge in [-0.1, -0.05) is 23.3 Å². The fourth-order valence-corrected chi connectivity index (χ4v) is 2.09. The van der Waals surface area contributed by atoms with Crippen molar-refractivity contribution < 1.29 is 4.79 Å². The fraction of sp³-hybridized carbons (Fsp3) is 0.385. The van der Waals surface area contributed by atoms with Gasteiger partial charge in [0.15, 0.2) is 0 Å². The average Bonchev–Trinajstić information content (AvgIpc) is 2.40. The van der Waals surface area contributed by atoms with Crippen LogP contribution < -0.4 is 10.6 Å². The molecule has 2 rings (SSSR count). The molecule has 1 aromatic rings. The van der Waals surface area contributed by atoms with Gasteiger partial charge in [0.05, 0.1) is 10.6 Å². The van der Waals surface area contributed by atoms with Crippen molar-refractivity contribution in [2.75, 3.05) is 19.6 Å². The maximum Gasteiger partial charge on any atom is 0.252 e. The van der Waals surface area contributed by atoms with E-state index in [9.17, 15) is 4.79 Å². The van der Waals surface area contributed by atoms with Crippen LogP contribution in [0.4, 0.5) is 0 Å². The van der Waals surface area contributed by atoms with Crippen LogP contribution in [0.25, 0.3) is 0 Å². The molecule has 0 radical (unpaired) electrons. The van der Waals surface area contributed by atoms with Gasteiger partial charge in [0.1, 0.15) is 0 Å². The van der Waals surface area contributed by atoms with Crippen LogP contribution in [0.2, 0.25) is 5.02 Å².